The smallest absolute Gasteiger partial charge is 0.169 e. The van der Waals surface area contributed by atoms with Crippen LogP contribution >= 0.6 is 0 Å². The van der Waals surface area contributed by atoms with Crippen molar-refractivity contribution < 1.29 is 14.3 Å². The van der Waals surface area contributed by atoms with Crippen molar-refractivity contribution in [1.82, 2.24) is 0 Å². The molecular formula is C12H16O3. The molecule has 0 spiro atoms. The van der Waals surface area contributed by atoms with Gasteiger partial charge < -0.3 is 9.47 Å². The van der Waals surface area contributed by atoms with Crippen molar-refractivity contribution in [3.63, 3.8) is 0 Å². The summed E-state index contributed by atoms with van der Waals surface area (Å²) in [4.78, 5) is 11.0. The molecular weight excluding hydrogens is 192 g/mol. The highest BCUT2D eigenvalue weighted by atomic mass is 16.5. The normalized spacial score (nSPS) is 12.0. The number of hydrogen-bond donors (Lipinski definition) is 0. The van der Waals surface area contributed by atoms with Crippen molar-refractivity contribution in [2.75, 3.05) is 7.11 Å². The standard InChI is InChI=1S/C12H16O3/c1-8-5-6-11(12(7-8)14-4)15-10(3)9(2)13/h5-7,10H,1-4H3. The Hall–Kier alpha value is -1.51. The number of ketones is 1. The maximum Gasteiger partial charge on any atom is 0.169 e. The Kier molecular flexibility index (Phi) is 3.72. The Morgan fingerprint density at radius 2 is 2.00 bits per heavy atom. The molecule has 0 aliphatic heterocycles. The quantitative estimate of drug-likeness (QED) is 0.762. The third-order valence-corrected chi connectivity index (χ3v) is 2.20. The molecule has 0 heterocycles. The Morgan fingerprint density at radius 3 is 2.53 bits per heavy atom. The zero-order chi connectivity index (χ0) is 11.4. The average molecular weight is 208 g/mol. The first kappa shape index (κ1) is 11.6. The molecule has 0 aromatic heterocycles. The zero-order valence-electron chi connectivity index (χ0n) is 9.53. The van der Waals surface area contributed by atoms with Crippen LogP contribution in [0.2, 0.25) is 0 Å². The molecule has 0 aliphatic carbocycles. The van der Waals surface area contributed by atoms with Crippen molar-refractivity contribution in [1.29, 1.82) is 0 Å². The minimum absolute atomic E-state index is 0.00220. The second-order valence-corrected chi connectivity index (χ2v) is 3.53. The summed E-state index contributed by atoms with van der Waals surface area (Å²) in [7, 11) is 1.58. The minimum Gasteiger partial charge on any atom is -0.493 e. The topological polar surface area (TPSA) is 35.5 Å². The van der Waals surface area contributed by atoms with E-state index in [-0.39, 0.29) is 5.78 Å². The Bertz CT molecular complexity index is 358. The molecule has 1 aromatic rings. The van der Waals surface area contributed by atoms with Gasteiger partial charge in [-0.15, -0.1) is 0 Å². The van der Waals surface area contributed by atoms with E-state index in [1.807, 2.05) is 25.1 Å². The summed E-state index contributed by atoms with van der Waals surface area (Å²) < 4.78 is 10.6. The molecule has 1 rings (SSSR count). The fourth-order valence-corrected chi connectivity index (χ4v) is 1.15. The SMILES string of the molecule is COc1cc(C)ccc1OC(C)C(C)=O. The second kappa shape index (κ2) is 4.82. The van der Waals surface area contributed by atoms with E-state index in [1.165, 1.54) is 6.92 Å². The number of hydrogen-bond acceptors (Lipinski definition) is 3. The summed E-state index contributed by atoms with van der Waals surface area (Å²) in [5, 5.41) is 0. The van der Waals surface area contributed by atoms with Gasteiger partial charge in [0.1, 0.15) is 0 Å². The van der Waals surface area contributed by atoms with Gasteiger partial charge in [0.25, 0.3) is 0 Å². The molecule has 0 amide bonds. The molecule has 0 N–H and O–H groups in total. The maximum atomic E-state index is 11.0. The highest BCUT2D eigenvalue weighted by Gasteiger charge is 2.12. The van der Waals surface area contributed by atoms with Crippen molar-refractivity contribution >= 4 is 5.78 Å². The summed E-state index contributed by atoms with van der Waals surface area (Å²) >= 11 is 0. The third kappa shape index (κ3) is 2.98. The molecule has 0 aliphatic rings. The summed E-state index contributed by atoms with van der Waals surface area (Å²) in [6, 6.07) is 5.61. The van der Waals surface area contributed by atoms with Crippen LogP contribution in [0.15, 0.2) is 18.2 Å². The van der Waals surface area contributed by atoms with Crippen molar-refractivity contribution in [3.8, 4) is 11.5 Å². The maximum absolute atomic E-state index is 11.0. The first-order valence-electron chi connectivity index (χ1n) is 4.86. The van der Waals surface area contributed by atoms with E-state index in [0.29, 0.717) is 11.5 Å². The van der Waals surface area contributed by atoms with Crippen molar-refractivity contribution in [2.45, 2.75) is 26.9 Å². The highest BCUT2D eigenvalue weighted by Crippen LogP contribution is 2.28. The fraction of sp³-hybridized carbons (Fsp3) is 0.417. The van der Waals surface area contributed by atoms with E-state index in [9.17, 15) is 4.79 Å². The van der Waals surface area contributed by atoms with Crippen LogP contribution in [0.5, 0.6) is 11.5 Å². The van der Waals surface area contributed by atoms with Crippen LogP contribution in [-0.4, -0.2) is 19.0 Å². The summed E-state index contributed by atoms with van der Waals surface area (Å²) in [6.45, 7) is 5.20. The van der Waals surface area contributed by atoms with Gasteiger partial charge in [0.15, 0.2) is 23.4 Å². The van der Waals surface area contributed by atoms with Crippen molar-refractivity contribution in [3.05, 3.63) is 23.8 Å². The van der Waals surface area contributed by atoms with Gasteiger partial charge in [-0.05, 0) is 38.5 Å². The lowest BCUT2D eigenvalue weighted by Gasteiger charge is -2.14. The monoisotopic (exact) mass is 208 g/mol. The average Bonchev–Trinajstić information content (AvgIpc) is 2.20. The van der Waals surface area contributed by atoms with Crippen LogP contribution in [-0.2, 0) is 4.79 Å². The number of rotatable bonds is 4. The van der Waals surface area contributed by atoms with E-state index in [2.05, 4.69) is 0 Å². The van der Waals surface area contributed by atoms with Gasteiger partial charge in [0, 0.05) is 0 Å². The fourth-order valence-electron chi connectivity index (χ4n) is 1.15. The van der Waals surface area contributed by atoms with Crippen LogP contribution in [0.1, 0.15) is 19.4 Å². The molecule has 1 unspecified atom stereocenters. The molecule has 15 heavy (non-hydrogen) atoms. The molecule has 0 saturated carbocycles. The van der Waals surface area contributed by atoms with Crippen LogP contribution < -0.4 is 9.47 Å². The molecule has 3 heteroatoms. The van der Waals surface area contributed by atoms with Gasteiger partial charge in [0.05, 0.1) is 7.11 Å². The number of methoxy groups -OCH3 is 1. The van der Waals surface area contributed by atoms with Gasteiger partial charge >= 0.3 is 0 Å². The second-order valence-electron chi connectivity index (χ2n) is 3.53. The van der Waals surface area contributed by atoms with E-state index in [0.717, 1.165) is 5.56 Å². The summed E-state index contributed by atoms with van der Waals surface area (Å²) in [5.41, 5.74) is 1.09. The first-order chi connectivity index (χ1) is 7.04. The van der Waals surface area contributed by atoms with E-state index in [1.54, 1.807) is 14.0 Å². The van der Waals surface area contributed by atoms with Gasteiger partial charge in [-0.1, -0.05) is 6.07 Å². The van der Waals surface area contributed by atoms with E-state index in [4.69, 9.17) is 9.47 Å². The molecule has 1 atom stereocenters. The molecule has 0 saturated heterocycles. The lowest BCUT2D eigenvalue weighted by atomic mass is 10.2. The zero-order valence-corrected chi connectivity index (χ0v) is 9.53. The minimum atomic E-state index is -0.443. The number of carbonyl (C=O) groups is 1. The van der Waals surface area contributed by atoms with Gasteiger partial charge in [-0.25, -0.2) is 0 Å². The lowest BCUT2D eigenvalue weighted by molar-refractivity contribution is -0.122. The molecule has 0 radical (unpaired) electrons. The van der Waals surface area contributed by atoms with E-state index >= 15 is 0 Å². The number of Topliss-reactive ketones (excluding diaryl/α,β-unsaturated/α-hetero) is 1. The Morgan fingerprint density at radius 1 is 1.33 bits per heavy atom. The molecule has 82 valence electrons. The predicted molar refractivity (Wildman–Crippen MR) is 58.5 cm³/mol. The highest BCUT2D eigenvalue weighted by molar-refractivity contribution is 5.80. The van der Waals surface area contributed by atoms with Gasteiger partial charge in [-0.2, -0.15) is 0 Å². The van der Waals surface area contributed by atoms with Crippen molar-refractivity contribution in [2.24, 2.45) is 0 Å². The molecule has 0 fully saturated rings. The van der Waals surface area contributed by atoms with Crippen LogP contribution in [0.4, 0.5) is 0 Å². The summed E-state index contributed by atoms with van der Waals surface area (Å²) in [5.74, 6) is 1.26. The Labute approximate surface area is 90.0 Å². The number of benzene rings is 1. The number of aryl methyl sites for hydroxylation is 1. The molecule has 0 bridgehead atoms. The van der Waals surface area contributed by atoms with Gasteiger partial charge in [-0.3, -0.25) is 4.79 Å². The van der Waals surface area contributed by atoms with E-state index < -0.39 is 6.10 Å². The van der Waals surface area contributed by atoms with Crippen LogP contribution in [0, 0.1) is 6.92 Å². The Balaban J connectivity index is 2.89. The molecule has 3 nitrogen and oxygen atoms in total. The number of ether oxygens (including phenoxy) is 2. The lowest BCUT2D eigenvalue weighted by Crippen LogP contribution is -2.20. The number of carbonyl (C=O) groups excluding carboxylic acids is 1. The van der Waals surface area contributed by atoms with Crippen LogP contribution in [0.25, 0.3) is 0 Å². The summed E-state index contributed by atoms with van der Waals surface area (Å²) in [6.07, 6.45) is -0.443. The largest absolute Gasteiger partial charge is 0.493 e. The predicted octanol–water partition coefficient (Wildman–Crippen LogP) is 2.36. The van der Waals surface area contributed by atoms with Gasteiger partial charge in [0.2, 0.25) is 0 Å². The first-order valence-corrected chi connectivity index (χ1v) is 4.86. The third-order valence-electron chi connectivity index (χ3n) is 2.20. The molecule has 1 aromatic carbocycles. The van der Waals surface area contributed by atoms with Crippen LogP contribution in [0.3, 0.4) is 0 Å².